The molecule has 1 fully saturated rings. The standard InChI is InChI=1S/C17H20ClF4N3OS/c1-2-3-4-5-10(26)23-17(27)25-8-6-24(7-9-25)16-14(21)12(19)11(18)13(20)15(16)22/h2-9H2,1H3,(H,23,26,27). The largest absolute Gasteiger partial charge is 0.363 e. The van der Waals surface area contributed by atoms with Gasteiger partial charge in [-0.3, -0.25) is 4.79 Å². The number of anilines is 1. The Hall–Kier alpha value is -1.61. The fourth-order valence-corrected chi connectivity index (χ4v) is 3.26. The van der Waals surface area contributed by atoms with Crippen molar-refractivity contribution in [3.63, 3.8) is 0 Å². The molecule has 4 nitrogen and oxygen atoms in total. The number of rotatable bonds is 5. The third-order valence-corrected chi connectivity index (χ3v) is 5.02. The predicted octanol–water partition coefficient (Wildman–Crippen LogP) is 4.00. The van der Waals surface area contributed by atoms with Gasteiger partial charge in [-0.2, -0.15) is 0 Å². The average molecular weight is 426 g/mol. The van der Waals surface area contributed by atoms with Crippen molar-refractivity contribution in [2.45, 2.75) is 32.6 Å². The van der Waals surface area contributed by atoms with Gasteiger partial charge in [0.25, 0.3) is 0 Å². The van der Waals surface area contributed by atoms with Crippen molar-refractivity contribution in [3.05, 3.63) is 28.3 Å². The quantitative estimate of drug-likeness (QED) is 0.254. The second kappa shape index (κ2) is 9.54. The molecule has 0 unspecified atom stereocenters. The van der Waals surface area contributed by atoms with E-state index >= 15 is 0 Å². The molecule has 1 N–H and O–H groups in total. The smallest absolute Gasteiger partial charge is 0.226 e. The monoisotopic (exact) mass is 425 g/mol. The van der Waals surface area contributed by atoms with Gasteiger partial charge < -0.3 is 15.1 Å². The van der Waals surface area contributed by atoms with E-state index in [9.17, 15) is 22.4 Å². The maximum absolute atomic E-state index is 14.1. The molecule has 27 heavy (non-hydrogen) atoms. The van der Waals surface area contributed by atoms with Gasteiger partial charge in [-0.15, -0.1) is 0 Å². The van der Waals surface area contributed by atoms with E-state index in [-0.39, 0.29) is 37.2 Å². The summed E-state index contributed by atoms with van der Waals surface area (Å²) in [4.78, 5) is 14.7. The first kappa shape index (κ1) is 21.7. The molecule has 0 saturated carbocycles. The SMILES string of the molecule is CCCCCC(=O)NC(=S)N1CCN(c2c(F)c(F)c(Cl)c(F)c2F)CC1. The highest BCUT2D eigenvalue weighted by molar-refractivity contribution is 7.80. The summed E-state index contributed by atoms with van der Waals surface area (Å²) in [6.07, 6.45) is 3.08. The van der Waals surface area contributed by atoms with Crippen LogP contribution in [0.5, 0.6) is 0 Å². The lowest BCUT2D eigenvalue weighted by molar-refractivity contribution is -0.119. The van der Waals surface area contributed by atoms with Crippen LogP contribution in [0.1, 0.15) is 32.6 Å². The van der Waals surface area contributed by atoms with Crippen molar-refractivity contribution in [2.24, 2.45) is 0 Å². The summed E-state index contributed by atoms with van der Waals surface area (Å²) in [7, 11) is 0. The minimum absolute atomic E-state index is 0.0696. The molecule has 1 aliphatic rings. The van der Waals surface area contributed by atoms with Crippen LogP contribution >= 0.6 is 23.8 Å². The van der Waals surface area contributed by atoms with Crippen molar-refractivity contribution in [1.29, 1.82) is 0 Å². The topological polar surface area (TPSA) is 35.6 Å². The van der Waals surface area contributed by atoms with E-state index in [1.165, 1.54) is 4.90 Å². The highest BCUT2D eigenvalue weighted by Crippen LogP contribution is 2.33. The van der Waals surface area contributed by atoms with Crippen LogP contribution in [0.2, 0.25) is 5.02 Å². The molecule has 1 aromatic rings. The number of carbonyl (C=O) groups is 1. The second-order valence-corrected chi connectivity index (χ2v) is 6.97. The average Bonchev–Trinajstić information content (AvgIpc) is 2.65. The third-order valence-electron chi connectivity index (χ3n) is 4.32. The number of hydrogen-bond donors (Lipinski definition) is 1. The minimum Gasteiger partial charge on any atom is -0.363 e. The minimum atomic E-state index is -1.62. The molecule has 0 bridgehead atoms. The molecular weight excluding hydrogens is 406 g/mol. The Kier molecular flexibility index (Phi) is 7.67. The van der Waals surface area contributed by atoms with Crippen molar-refractivity contribution in [2.75, 3.05) is 31.1 Å². The molecule has 10 heteroatoms. The lowest BCUT2D eigenvalue weighted by Crippen LogP contribution is -2.53. The lowest BCUT2D eigenvalue weighted by Gasteiger charge is -2.37. The van der Waals surface area contributed by atoms with Gasteiger partial charge in [0, 0.05) is 32.6 Å². The van der Waals surface area contributed by atoms with Crippen molar-refractivity contribution in [3.8, 4) is 0 Å². The van der Waals surface area contributed by atoms with E-state index in [1.807, 2.05) is 6.92 Å². The fraction of sp³-hybridized carbons (Fsp3) is 0.529. The highest BCUT2D eigenvalue weighted by atomic mass is 35.5. The number of halogens is 5. The van der Waals surface area contributed by atoms with Crippen LogP contribution in [0.4, 0.5) is 23.2 Å². The maximum Gasteiger partial charge on any atom is 0.226 e. The molecule has 1 heterocycles. The molecule has 1 aromatic carbocycles. The van der Waals surface area contributed by atoms with Crippen LogP contribution in [-0.4, -0.2) is 42.1 Å². The van der Waals surface area contributed by atoms with Crippen LogP contribution in [0, 0.1) is 23.3 Å². The molecule has 0 radical (unpaired) electrons. The van der Waals surface area contributed by atoms with E-state index in [2.05, 4.69) is 5.32 Å². The first-order chi connectivity index (χ1) is 12.8. The number of carbonyl (C=O) groups excluding carboxylic acids is 1. The number of hydrogen-bond acceptors (Lipinski definition) is 3. The van der Waals surface area contributed by atoms with Crippen LogP contribution in [0.3, 0.4) is 0 Å². The fourth-order valence-electron chi connectivity index (χ4n) is 2.80. The summed E-state index contributed by atoms with van der Waals surface area (Å²) in [5, 5.41) is 1.64. The van der Waals surface area contributed by atoms with Gasteiger partial charge in [-0.25, -0.2) is 17.6 Å². The normalized spacial score (nSPS) is 14.4. The molecule has 150 valence electrons. The van der Waals surface area contributed by atoms with Gasteiger partial charge in [-0.05, 0) is 18.6 Å². The zero-order chi connectivity index (χ0) is 20.1. The Balaban J connectivity index is 1.98. The number of amides is 1. The zero-order valence-corrected chi connectivity index (χ0v) is 16.3. The molecule has 0 spiro atoms. The molecule has 0 aromatic heterocycles. The molecule has 0 aliphatic carbocycles. The van der Waals surface area contributed by atoms with Gasteiger partial charge in [0.05, 0.1) is 0 Å². The Morgan fingerprint density at radius 2 is 1.59 bits per heavy atom. The molecule has 1 amide bonds. The number of nitrogens with zero attached hydrogens (tertiary/aromatic N) is 2. The van der Waals surface area contributed by atoms with Crippen molar-refractivity contribution >= 4 is 40.5 Å². The van der Waals surface area contributed by atoms with Crippen LogP contribution < -0.4 is 10.2 Å². The number of nitrogens with one attached hydrogen (secondary N) is 1. The van der Waals surface area contributed by atoms with E-state index in [4.69, 9.17) is 23.8 Å². The summed E-state index contributed by atoms with van der Waals surface area (Å²) in [6.45, 7) is 2.64. The molecule has 0 atom stereocenters. The molecule has 1 saturated heterocycles. The third kappa shape index (κ3) is 5.01. The van der Waals surface area contributed by atoms with E-state index in [0.717, 1.165) is 19.3 Å². The Morgan fingerprint density at radius 3 is 2.11 bits per heavy atom. The van der Waals surface area contributed by atoms with Crippen molar-refractivity contribution in [1.82, 2.24) is 10.2 Å². The Labute approximate surface area is 165 Å². The van der Waals surface area contributed by atoms with Gasteiger partial charge in [0.15, 0.2) is 28.4 Å². The zero-order valence-electron chi connectivity index (χ0n) is 14.8. The van der Waals surface area contributed by atoms with Crippen LogP contribution in [0.15, 0.2) is 0 Å². The predicted molar refractivity (Wildman–Crippen MR) is 100.0 cm³/mol. The lowest BCUT2D eigenvalue weighted by atomic mass is 10.2. The first-order valence-electron chi connectivity index (χ1n) is 8.63. The van der Waals surface area contributed by atoms with Crippen LogP contribution in [-0.2, 0) is 4.79 Å². The summed E-state index contributed by atoms with van der Waals surface area (Å²) in [6, 6.07) is 0. The number of benzene rings is 1. The van der Waals surface area contributed by atoms with Gasteiger partial charge >= 0.3 is 0 Å². The Morgan fingerprint density at radius 1 is 1.04 bits per heavy atom. The summed E-state index contributed by atoms with van der Waals surface area (Å²) < 4.78 is 55.4. The molecular formula is C17H20ClF4N3OS. The summed E-state index contributed by atoms with van der Waals surface area (Å²) >= 11 is 10.4. The maximum atomic E-state index is 14.1. The van der Waals surface area contributed by atoms with Crippen molar-refractivity contribution < 1.29 is 22.4 Å². The van der Waals surface area contributed by atoms with Gasteiger partial charge in [-0.1, -0.05) is 31.4 Å². The van der Waals surface area contributed by atoms with Gasteiger partial charge in [0.2, 0.25) is 5.91 Å². The second-order valence-electron chi connectivity index (χ2n) is 6.20. The number of thiocarbonyl (C=S) groups is 1. The Bertz CT molecular complexity index is 698. The highest BCUT2D eigenvalue weighted by Gasteiger charge is 2.30. The van der Waals surface area contributed by atoms with E-state index in [0.29, 0.717) is 6.42 Å². The first-order valence-corrected chi connectivity index (χ1v) is 9.41. The molecule has 2 rings (SSSR count). The number of piperazine rings is 1. The van der Waals surface area contributed by atoms with Crippen LogP contribution in [0.25, 0.3) is 0 Å². The van der Waals surface area contributed by atoms with Gasteiger partial charge in [0.1, 0.15) is 10.7 Å². The molecule has 1 aliphatic heterocycles. The summed E-state index contributed by atoms with van der Waals surface area (Å²) in [5.41, 5.74) is -0.788. The summed E-state index contributed by atoms with van der Waals surface area (Å²) in [5.74, 6) is -6.49. The van der Waals surface area contributed by atoms with E-state index < -0.39 is 34.0 Å². The van der Waals surface area contributed by atoms with E-state index in [1.54, 1.807) is 4.90 Å². The number of unbranched alkanes of at least 4 members (excludes halogenated alkanes) is 2.